The van der Waals surface area contributed by atoms with E-state index in [0.717, 1.165) is 11.8 Å². The van der Waals surface area contributed by atoms with Crippen molar-refractivity contribution in [2.24, 2.45) is 11.8 Å². The summed E-state index contributed by atoms with van der Waals surface area (Å²) in [6.45, 7) is 0. The molecule has 0 heterocycles. The summed E-state index contributed by atoms with van der Waals surface area (Å²) in [5.41, 5.74) is 11.5. The number of hydrogen-bond acceptors (Lipinski definition) is 0. The van der Waals surface area contributed by atoms with Gasteiger partial charge in [0.05, 0.1) is 0 Å². The van der Waals surface area contributed by atoms with E-state index in [1.165, 1.54) is 87.0 Å². The molecular weight excluding hydrogens is 468 g/mol. The largest absolute Gasteiger partial charge is 0.0622 e. The van der Waals surface area contributed by atoms with Gasteiger partial charge in [-0.15, -0.1) is 0 Å². The van der Waals surface area contributed by atoms with Crippen LogP contribution in [0.2, 0.25) is 0 Å². The Hall–Kier alpha value is -4.16. The highest BCUT2D eigenvalue weighted by Crippen LogP contribution is 2.51. The first kappa shape index (κ1) is 22.8. The van der Waals surface area contributed by atoms with Crippen molar-refractivity contribution in [3.63, 3.8) is 0 Å². The summed E-state index contributed by atoms with van der Waals surface area (Å²) in [6, 6.07) is 45.4. The van der Waals surface area contributed by atoms with E-state index in [9.17, 15) is 0 Å². The predicted octanol–water partition coefficient (Wildman–Crippen LogP) is 10.5. The van der Waals surface area contributed by atoms with Crippen molar-refractivity contribution < 1.29 is 0 Å². The van der Waals surface area contributed by atoms with E-state index < -0.39 is 0 Å². The summed E-state index contributed by atoms with van der Waals surface area (Å²) >= 11 is 0. The molecule has 2 atom stereocenters. The Kier molecular flexibility index (Phi) is 5.40. The molecule has 0 heteroatoms. The molecule has 2 aliphatic carbocycles. The van der Waals surface area contributed by atoms with Crippen molar-refractivity contribution in [3.8, 4) is 33.4 Å². The maximum absolute atomic E-state index is 2.47. The summed E-state index contributed by atoms with van der Waals surface area (Å²) in [6.07, 6.45) is 6.36. The lowest BCUT2D eigenvalue weighted by Crippen LogP contribution is -2.18. The van der Waals surface area contributed by atoms with E-state index in [0.29, 0.717) is 0 Å². The van der Waals surface area contributed by atoms with Gasteiger partial charge in [0, 0.05) is 0 Å². The van der Waals surface area contributed by atoms with E-state index in [2.05, 4.69) is 121 Å². The van der Waals surface area contributed by atoms with Crippen LogP contribution in [0.4, 0.5) is 0 Å². The fourth-order valence-electron chi connectivity index (χ4n) is 7.70. The molecule has 1 unspecified atom stereocenters. The second kappa shape index (κ2) is 9.24. The Balaban J connectivity index is 1.58. The molecular formula is C39H32. The zero-order valence-corrected chi connectivity index (χ0v) is 22.2. The predicted molar refractivity (Wildman–Crippen MR) is 166 cm³/mol. The summed E-state index contributed by atoms with van der Waals surface area (Å²) in [5, 5.41) is 5.44. The Bertz CT molecular complexity index is 1690. The van der Waals surface area contributed by atoms with Crippen LogP contribution in [0.15, 0.2) is 121 Å². The highest BCUT2D eigenvalue weighted by molar-refractivity contribution is 6.12. The molecule has 0 radical (unpaired) electrons. The number of rotatable bonds is 2. The maximum atomic E-state index is 2.47. The monoisotopic (exact) mass is 500 g/mol. The van der Waals surface area contributed by atoms with Crippen LogP contribution < -0.4 is 0 Å². The molecule has 8 rings (SSSR count). The Morgan fingerprint density at radius 1 is 0.436 bits per heavy atom. The van der Waals surface area contributed by atoms with Gasteiger partial charge in [-0.1, -0.05) is 116 Å². The van der Waals surface area contributed by atoms with Crippen LogP contribution in [0.3, 0.4) is 0 Å². The highest BCUT2D eigenvalue weighted by Gasteiger charge is 2.34. The molecule has 0 saturated heterocycles. The molecule has 0 bridgehead atoms. The van der Waals surface area contributed by atoms with E-state index in [4.69, 9.17) is 0 Å². The van der Waals surface area contributed by atoms with Crippen LogP contribution in [-0.4, -0.2) is 0 Å². The van der Waals surface area contributed by atoms with Gasteiger partial charge in [0.1, 0.15) is 0 Å². The van der Waals surface area contributed by atoms with Gasteiger partial charge in [0.15, 0.2) is 0 Å². The molecule has 2 aliphatic rings. The molecule has 1 saturated carbocycles. The third-order valence-electron chi connectivity index (χ3n) is 9.48. The maximum Gasteiger partial charge on any atom is -0.00578 e. The summed E-state index contributed by atoms with van der Waals surface area (Å²) < 4.78 is 0. The minimum absolute atomic E-state index is 0.732. The molecule has 0 nitrogen and oxygen atoms in total. The zero-order valence-electron chi connectivity index (χ0n) is 22.2. The minimum atomic E-state index is 0.732. The van der Waals surface area contributed by atoms with Gasteiger partial charge in [-0.25, -0.2) is 0 Å². The Morgan fingerprint density at radius 3 is 1.31 bits per heavy atom. The van der Waals surface area contributed by atoms with Gasteiger partial charge in [-0.05, 0) is 116 Å². The first-order valence-corrected chi connectivity index (χ1v) is 14.6. The smallest absolute Gasteiger partial charge is 0.00578 e. The van der Waals surface area contributed by atoms with E-state index in [1.807, 2.05) is 0 Å². The van der Waals surface area contributed by atoms with Gasteiger partial charge in [0.25, 0.3) is 0 Å². The fraction of sp³-hybridized carbons (Fsp3) is 0.179. The van der Waals surface area contributed by atoms with Crippen LogP contribution in [0.5, 0.6) is 0 Å². The van der Waals surface area contributed by atoms with Gasteiger partial charge < -0.3 is 0 Å². The van der Waals surface area contributed by atoms with Crippen molar-refractivity contribution in [2.75, 3.05) is 0 Å². The van der Waals surface area contributed by atoms with Crippen molar-refractivity contribution >= 4 is 21.5 Å². The van der Waals surface area contributed by atoms with Crippen molar-refractivity contribution in [1.29, 1.82) is 0 Å². The van der Waals surface area contributed by atoms with Crippen molar-refractivity contribution in [2.45, 2.75) is 32.1 Å². The molecule has 1 fully saturated rings. The molecule has 0 aliphatic heterocycles. The number of benzene rings is 6. The lowest BCUT2D eigenvalue weighted by atomic mass is 9.72. The second-order valence-electron chi connectivity index (χ2n) is 11.6. The third-order valence-corrected chi connectivity index (χ3v) is 9.48. The van der Waals surface area contributed by atoms with Crippen molar-refractivity contribution in [3.05, 3.63) is 132 Å². The second-order valence-corrected chi connectivity index (χ2v) is 11.6. The molecule has 6 aromatic carbocycles. The van der Waals surface area contributed by atoms with Crippen LogP contribution >= 0.6 is 0 Å². The van der Waals surface area contributed by atoms with Crippen molar-refractivity contribution in [1.82, 2.24) is 0 Å². The van der Waals surface area contributed by atoms with Crippen LogP contribution in [0.1, 0.15) is 30.4 Å². The molecule has 188 valence electrons. The number of hydrogen-bond donors (Lipinski definition) is 0. The topological polar surface area (TPSA) is 0 Å². The van der Waals surface area contributed by atoms with Gasteiger partial charge in [0.2, 0.25) is 0 Å². The third kappa shape index (κ3) is 3.73. The van der Waals surface area contributed by atoms with Gasteiger partial charge in [-0.2, -0.15) is 0 Å². The Morgan fingerprint density at radius 2 is 0.846 bits per heavy atom. The molecule has 39 heavy (non-hydrogen) atoms. The van der Waals surface area contributed by atoms with E-state index >= 15 is 0 Å². The molecule has 0 N–H and O–H groups in total. The lowest BCUT2D eigenvalue weighted by molar-refractivity contribution is 0.383. The Labute approximate surface area is 231 Å². The average molecular weight is 501 g/mol. The van der Waals surface area contributed by atoms with Gasteiger partial charge >= 0.3 is 0 Å². The quantitative estimate of drug-likeness (QED) is 0.222. The standard InChI is InChI=1S/C39H32/c1-3-12-26(13-4-1)34-24-30-16-7-9-20-32(30)38-36(34)22-28-18-11-19-29(28)23-37-35(27-14-5-2-6-15-27)25-31-17-8-10-21-33(31)39(37)38/h1-10,12-17,20-21,24-25,28-29H,11,18-19,22-23H2/t28-,29?/m0/s1. The lowest BCUT2D eigenvalue weighted by Gasteiger charge is -2.31. The first-order valence-electron chi connectivity index (χ1n) is 14.6. The number of fused-ring (bicyclic) bond motifs is 8. The molecule has 0 amide bonds. The van der Waals surface area contributed by atoms with Crippen LogP contribution in [0, 0.1) is 11.8 Å². The zero-order chi connectivity index (χ0) is 25.8. The summed E-state index contributed by atoms with van der Waals surface area (Å²) in [7, 11) is 0. The summed E-state index contributed by atoms with van der Waals surface area (Å²) in [4.78, 5) is 0. The highest BCUT2D eigenvalue weighted by atomic mass is 14.4. The van der Waals surface area contributed by atoms with Crippen LogP contribution in [0.25, 0.3) is 54.9 Å². The van der Waals surface area contributed by atoms with Gasteiger partial charge in [-0.3, -0.25) is 0 Å². The normalized spacial score (nSPS) is 18.3. The van der Waals surface area contributed by atoms with E-state index in [-0.39, 0.29) is 0 Å². The molecule has 0 spiro atoms. The molecule has 0 aromatic heterocycles. The fourth-order valence-corrected chi connectivity index (χ4v) is 7.70. The minimum Gasteiger partial charge on any atom is -0.0622 e. The summed E-state index contributed by atoms with van der Waals surface area (Å²) in [5.74, 6) is 1.46. The SMILES string of the molecule is c1ccc(-c2cc3ccccc3c3c2CC2CCC[C@H]2Cc2c(-c4ccccc4)cc4ccccc4c2-3)cc1. The molecule has 6 aromatic rings. The first-order chi connectivity index (χ1) is 19.3. The van der Waals surface area contributed by atoms with Crippen LogP contribution in [-0.2, 0) is 12.8 Å². The van der Waals surface area contributed by atoms with E-state index in [1.54, 1.807) is 11.1 Å². The average Bonchev–Trinajstić information content (AvgIpc) is 3.42.